The number of thiocarbonyl (C=S) groups is 2. The zero-order chi connectivity index (χ0) is 16.8. The summed E-state index contributed by atoms with van der Waals surface area (Å²) in [4.78, 5) is 0.710. The van der Waals surface area contributed by atoms with E-state index in [1.54, 1.807) is 0 Å². The summed E-state index contributed by atoms with van der Waals surface area (Å²) in [7, 11) is 0. The Labute approximate surface area is 152 Å². The molecule has 1 aliphatic rings. The Morgan fingerprint density at radius 1 is 0.958 bits per heavy atom. The molecule has 0 bridgehead atoms. The molecule has 0 saturated carbocycles. The minimum absolute atomic E-state index is 0.296. The molecular formula is C18H18N2O2S2. The van der Waals surface area contributed by atoms with Gasteiger partial charge in [0.15, 0.2) is 16.6 Å². The third-order valence-corrected chi connectivity index (χ3v) is 4.09. The van der Waals surface area contributed by atoms with Crippen LogP contribution in [0.15, 0.2) is 48.5 Å². The molecule has 0 unspecified atom stereocenters. The topological polar surface area (TPSA) is 42.5 Å². The third-order valence-electron chi connectivity index (χ3n) is 3.60. The first kappa shape index (κ1) is 16.7. The fourth-order valence-electron chi connectivity index (χ4n) is 2.41. The maximum atomic E-state index is 5.38. The van der Waals surface area contributed by atoms with Crippen LogP contribution in [0.1, 0.15) is 11.1 Å². The van der Waals surface area contributed by atoms with Gasteiger partial charge < -0.3 is 20.1 Å². The average molecular weight is 358 g/mol. The van der Waals surface area contributed by atoms with Gasteiger partial charge in [0.1, 0.15) is 0 Å². The van der Waals surface area contributed by atoms with Crippen molar-refractivity contribution in [1.29, 1.82) is 0 Å². The largest absolute Gasteiger partial charge is 0.454 e. The summed E-state index contributed by atoms with van der Waals surface area (Å²) >= 11 is 10.6. The summed E-state index contributed by atoms with van der Waals surface area (Å²) in [6.45, 7) is 1.02. The van der Waals surface area contributed by atoms with Crippen molar-refractivity contribution in [1.82, 2.24) is 10.6 Å². The zero-order valence-corrected chi connectivity index (χ0v) is 14.7. The predicted molar refractivity (Wildman–Crippen MR) is 103 cm³/mol. The second kappa shape index (κ2) is 8.08. The molecule has 0 atom stereocenters. The number of fused-ring (bicyclic) bond motifs is 1. The average Bonchev–Trinajstić information content (AvgIpc) is 3.03. The highest BCUT2D eigenvalue weighted by molar-refractivity contribution is 7.81. The van der Waals surface area contributed by atoms with Crippen LogP contribution in [0.2, 0.25) is 0 Å². The molecule has 6 heteroatoms. The van der Waals surface area contributed by atoms with Gasteiger partial charge in [0.05, 0.1) is 4.99 Å². The van der Waals surface area contributed by atoms with E-state index < -0.39 is 0 Å². The second-order valence-corrected chi connectivity index (χ2v) is 6.31. The first-order valence-corrected chi connectivity index (χ1v) is 8.52. The summed E-state index contributed by atoms with van der Waals surface area (Å²) in [5.74, 6) is 1.60. The Kier molecular flexibility index (Phi) is 5.61. The number of benzene rings is 2. The van der Waals surface area contributed by atoms with Crippen molar-refractivity contribution in [2.45, 2.75) is 12.8 Å². The Hall–Kier alpha value is -2.18. The standard InChI is InChI=1S/C18H18N2O2S2/c23-17(11-13-4-2-1-3-5-13)20-18(24)19-9-8-14-6-7-15-16(10-14)22-12-21-15/h1-7,10H,8-9,11-12H2,(H2,19,20,23,24). The molecule has 1 heterocycles. The van der Waals surface area contributed by atoms with E-state index in [1.165, 1.54) is 5.56 Å². The fourth-order valence-corrected chi connectivity index (χ4v) is 2.97. The van der Waals surface area contributed by atoms with E-state index in [9.17, 15) is 0 Å². The van der Waals surface area contributed by atoms with Gasteiger partial charge in [-0.2, -0.15) is 0 Å². The number of ether oxygens (including phenoxy) is 2. The fraction of sp³-hybridized carbons (Fsp3) is 0.222. The molecule has 4 nitrogen and oxygen atoms in total. The van der Waals surface area contributed by atoms with E-state index in [0.717, 1.165) is 30.0 Å². The smallest absolute Gasteiger partial charge is 0.231 e. The van der Waals surface area contributed by atoms with E-state index >= 15 is 0 Å². The Morgan fingerprint density at radius 3 is 2.58 bits per heavy atom. The highest BCUT2D eigenvalue weighted by Crippen LogP contribution is 2.32. The van der Waals surface area contributed by atoms with Crippen molar-refractivity contribution in [2.24, 2.45) is 0 Å². The van der Waals surface area contributed by atoms with Gasteiger partial charge in [-0.25, -0.2) is 0 Å². The van der Waals surface area contributed by atoms with Gasteiger partial charge in [0.2, 0.25) is 6.79 Å². The van der Waals surface area contributed by atoms with Crippen LogP contribution < -0.4 is 20.1 Å². The molecule has 3 rings (SSSR count). The van der Waals surface area contributed by atoms with Crippen molar-refractivity contribution >= 4 is 34.5 Å². The molecular weight excluding hydrogens is 340 g/mol. The van der Waals surface area contributed by atoms with Crippen LogP contribution >= 0.6 is 24.4 Å². The van der Waals surface area contributed by atoms with Crippen LogP contribution in [0, 0.1) is 0 Å². The van der Waals surface area contributed by atoms with E-state index in [2.05, 4.69) is 10.6 Å². The SMILES string of the molecule is S=C(Cc1ccccc1)NC(=S)NCCc1ccc2c(c1)OCO2. The Bertz CT molecular complexity index is 735. The highest BCUT2D eigenvalue weighted by Gasteiger charge is 2.12. The Morgan fingerprint density at radius 2 is 1.75 bits per heavy atom. The summed E-state index contributed by atoms with van der Waals surface area (Å²) < 4.78 is 10.7. The lowest BCUT2D eigenvalue weighted by Gasteiger charge is -2.11. The van der Waals surface area contributed by atoms with E-state index in [0.29, 0.717) is 23.3 Å². The number of hydrogen-bond acceptors (Lipinski definition) is 4. The summed E-state index contributed by atoms with van der Waals surface area (Å²) in [5.41, 5.74) is 2.33. The van der Waals surface area contributed by atoms with Gasteiger partial charge in [-0.3, -0.25) is 0 Å². The van der Waals surface area contributed by atoms with Crippen molar-refractivity contribution in [3.8, 4) is 11.5 Å². The number of rotatable bonds is 5. The van der Waals surface area contributed by atoms with Crippen LogP contribution in [0.3, 0.4) is 0 Å². The molecule has 2 aromatic rings. The van der Waals surface area contributed by atoms with Gasteiger partial charge in [0, 0.05) is 13.0 Å². The first-order valence-electron chi connectivity index (χ1n) is 7.71. The lowest BCUT2D eigenvalue weighted by Crippen LogP contribution is -2.39. The zero-order valence-electron chi connectivity index (χ0n) is 13.1. The minimum atomic E-state index is 0.296. The molecule has 0 fully saturated rings. The summed E-state index contributed by atoms with van der Waals surface area (Å²) in [6.07, 6.45) is 1.52. The molecule has 1 aliphatic heterocycles. The van der Waals surface area contributed by atoms with Crippen molar-refractivity contribution in [3.05, 3.63) is 59.7 Å². The number of nitrogens with one attached hydrogen (secondary N) is 2. The molecule has 124 valence electrons. The molecule has 0 amide bonds. The van der Waals surface area contributed by atoms with E-state index in [-0.39, 0.29) is 0 Å². The van der Waals surface area contributed by atoms with Crippen LogP contribution in [0.25, 0.3) is 0 Å². The molecule has 24 heavy (non-hydrogen) atoms. The first-order chi connectivity index (χ1) is 11.7. The molecule has 2 aromatic carbocycles. The van der Waals surface area contributed by atoms with Crippen LogP contribution in [-0.2, 0) is 12.8 Å². The molecule has 0 aliphatic carbocycles. The van der Waals surface area contributed by atoms with Gasteiger partial charge in [0.25, 0.3) is 0 Å². The van der Waals surface area contributed by atoms with Crippen molar-refractivity contribution < 1.29 is 9.47 Å². The molecule has 0 aromatic heterocycles. The van der Waals surface area contributed by atoms with E-state index in [1.807, 2.05) is 48.5 Å². The molecule has 0 radical (unpaired) electrons. The second-order valence-electron chi connectivity index (χ2n) is 5.40. The minimum Gasteiger partial charge on any atom is -0.454 e. The molecule has 2 N–H and O–H groups in total. The lowest BCUT2D eigenvalue weighted by atomic mass is 10.1. The summed E-state index contributed by atoms with van der Waals surface area (Å²) in [6, 6.07) is 16.0. The normalized spacial score (nSPS) is 11.8. The van der Waals surface area contributed by atoms with Gasteiger partial charge in [-0.05, 0) is 41.9 Å². The third kappa shape index (κ3) is 4.66. The lowest BCUT2D eigenvalue weighted by molar-refractivity contribution is 0.174. The van der Waals surface area contributed by atoms with Crippen molar-refractivity contribution in [3.63, 3.8) is 0 Å². The molecule has 0 spiro atoms. The monoisotopic (exact) mass is 358 g/mol. The Balaban J connectivity index is 1.40. The molecule has 0 saturated heterocycles. The highest BCUT2D eigenvalue weighted by atomic mass is 32.1. The maximum Gasteiger partial charge on any atom is 0.231 e. The van der Waals surface area contributed by atoms with E-state index in [4.69, 9.17) is 33.9 Å². The van der Waals surface area contributed by atoms with Gasteiger partial charge in [-0.1, -0.05) is 48.6 Å². The quantitative estimate of drug-likeness (QED) is 0.801. The van der Waals surface area contributed by atoms with Crippen LogP contribution in [0.4, 0.5) is 0 Å². The van der Waals surface area contributed by atoms with Gasteiger partial charge in [-0.15, -0.1) is 0 Å². The summed E-state index contributed by atoms with van der Waals surface area (Å²) in [5, 5.41) is 6.79. The van der Waals surface area contributed by atoms with Gasteiger partial charge >= 0.3 is 0 Å². The maximum absolute atomic E-state index is 5.38. The van der Waals surface area contributed by atoms with Crippen LogP contribution in [0.5, 0.6) is 11.5 Å². The predicted octanol–water partition coefficient (Wildman–Crippen LogP) is 2.99. The van der Waals surface area contributed by atoms with Crippen molar-refractivity contribution in [2.75, 3.05) is 13.3 Å². The number of hydrogen-bond donors (Lipinski definition) is 2. The van der Waals surface area contributed by atoms with Crippen LogP contribution in [-0.4, -0.2) is 23.4 Å².